The van der Waals surface area contributed by atoms with E-state index in [4.69, 9.17) is 4.74 Å². The van der Waals surface area contributed by atoms with E-state index in [0.717, 1.165) is 18.2 Å². The lowest BCUT2D eigenvalue weighted by Crippen LogP contribution is -2.50. The summed E-state index contributed by atoms with van der Waals surface area (Å²) in [6.45, 7) is 3.58. The Labute approximate surface area is 121 Å². The molecule has 0 saturated carbocycles. The Morgan fingerprint density at radius 3 is 2.48 bits per heavy atom. The summed E-state index contributed by atoms with van der Waals surface area (Å²) in [5, 5.41) is 5.00. The maximum absolute atomic E-state index is 13.0. The molecule has 0 saturated heterocycles. The number of hydrogen-bond acceptors (Lipinski definition) is 3. The van der Waals surface area contributed by atoms with E-state index in [1.165, 1.54) is 7.11 Å². The molecule has 0 radical (unpaired) electrons. The van der Waals surface area contributed by atoms with Crippen LogP contribution in [0, 0.1) is 11.6 Å². The maximum atomic E-state index is 13.0. The fourth-order valence-electron chi connectivity index (χ4n) is 1.72. The number of nitrogens with one attached hydrogen (secondary N) is 2. The second-order valence-corrected chi connectivity index (χ2v) is 5.18. The van der Waals surface area contributed by atoms with Crippen LogP contribution in [0.5, 0.6) is 0 Å². The zero-order valence-corrected chi connectivity index (χ0v) is 12.1. The first kappa shape index (κ1) is 17.0. The Kier molecular flexibility index (Phi) is 5.78. The van der Waals surface area contributed by atoms with Crippen molar-refractivity contribution in [1.82, 2.24) is 10.6 Å². The highest BCUT2D eigenvalue weighted by Crippen LogP contribution is 2.08. The number of methoxy groups -OCH3 is 1. The molecule has 0 spiro atoms. The quantitative estimate of drug-likeness (QED) is 0.830. The highest BCUT2D eigenvalue weighted by atomic mass is 19.2. The fourth-order valence-corrected chi connectivity index (χ4v) is 1.72. The second kappa shape index (κ2) is 7.12. The minimum absolute atomic E-state index is 0.0575. The van der Waals surface area contributed by atoms with Gasteiger partial charge in [-0.05, 0) is 32.0 Å². The second-order valence-electron chi connectivity index (χ2n) is 5.18. The molecule has 0 fully saturated rings. The molecule has 0 heterocycles. The van der Waals surface area contributed by atoms with Crippen molar-refractivity contribution >= 4 is 11.8 Å². The lowest BCUT2D eigenvalue weighted by Gasteiger charge is -2.25. The van der Waals surface area contributed by atoms with E-state index in [9.17, 15) is 18.4 Å². The summed E-state index contributed by atoms with van der Waals surface area (Å²) in [6, 6.07) is 2.77. The summed E-state index contributed by atoms with van der Waals surface area (Å²) < 4.78 is 30.7. The Morgan fingerprint density at radius 2 is 1.90 bits per heavy atom. The summed E-state index contributed by atoms with van der Waals surface area (Å²) in [4.78, 5) is 23.4. The van der Waals surface area contributed by atoms with Gasteiger partial charge in [0.25, 0.3) is 5.91 Å². The number of ether oxygens (including phenoxy) is 1. The van der Waals surface area contributed by atoms with E-state index in [1.807, 2.05) is 0 Å². The van der Waals surface area contributed by atoms with E-state index < -0.39 is 29.0 Å². The lowest BCUT2D eigenvalue weighted by molar-refractivity contribution is -0.122. The average Bonchev–Trinajstić information content (AvgIpc) is 2.38. The van der Waals surface area contributed by atoms with Crippen molar-refractivity contribution in [1.29, 1.82) is 0 Å². The number of carbonyl (C=O) groups is 2. The molecular formula is C14H18F2N2O3. The molecule has 0 atom stereocenters. The van der Waals surface area contributed by atoms with Crippen LogP contribution in [0.2, 0.25) is 0 Å². The van der Waals surface area contributed by atoms with Gasteiger partial charge < -0.3 is 15.4 Å². The van der Waals surface area contributed by atoms with Crippen LogP contribution in [0.25, 0.3) is 0 Å². The molecule has 0 aliphatic rings. The molecule has 0 bridgehead atoms. The van der Waals surface area contributed by atoms with E-state index in [2.05, 4.69) is 10.6 Å². The summed E-state index contributed by atoms with van der Waals surface area (Å²) in [6.07, 6.45) is 0. The van der Waals surface area contributed by atoms with Crippen LogP contribution in [0.15, 0.2) is 18.2 Å². The van der Waals surface area contributed by atoms with Gasteiger partial charge in [-0.3, -0.25) is 9.59 Å². The van der Waals surface area contributed by atoms with Crippen LogP contribution in [0.3, 0.4) is 0 Å². The van der Waals surface area contributed by atoms with Crippen molar-refractivity contribution in [2.24, 2.45) is 0 Å². The molecule has 1 aromatic carbocycles. The van der Waals surface area contributed by atoms with Gasteiger partial charge in [0.05, 0.1) is 18.7 Å². The molecule has 1 aromatic rings. The Balaban J connectivity index is 2.52. The first-order valence-corrected chi connectivity index (χ1v) is 6.28. The lowest BCUT2D eigenvalue weighted by atomic mass is 10.1. The minimum Gasteiger partial charge on any atom is -0.382 e. The predicted molar refractivity (Wildman–Crippen MR) is 72.8 cm³/mol. The highest BCUT2D eigenvalue weighted by Gasteiger charge is 2.20. The molecule has 2 amide bonds. The highest BCUT2D eigenvalue weighted by molar-refractivity contribution is 5.96. The minimum atomic E-state index is -1.12. The Morgan fingerprint density at radius 1 is 1.24 bits per heavy atom. The van der Waals surface area contributed by atoms with Gasteiger partial charge >= 0.3 is 0 Å². The summed E-state index contributed by atoms with van der Waals surface area (Å²) in [7, 11) is 1.51. The molecule has 21 heavy (non-hydrogen) atoms. The van der Waals surface area contributed by atoms with E-state index >= 15 is 0 Å². The molecule has 116 valence electrons. The number of benzene rings is 1. The SMILES string of the molecule is COCC(C)(C)NC(=O)CNC(=O)c1ccc(F)c(F)c1. The first-order valence-electron chi connectivity index (χ1n) is 6.28. The van der Waals surface area contributed by atoms with Crippen LogP contribution < -0.4 is 10.6 Å². The zero-order valence-electron chi connectivity index (χ0n) is 12.1. The van der Waals surface area contributed by atoms with E-state index in [0.29, 0.717) is 6.61 Å². The smallest absolute Gasteiger partial charge is 0.251 e. The Hall–Kier alpha value is -2.02. The molecule has 0 aliphatic carbocycles. The van der Waals surface area contributed by atoms with Gasteiger partial charge in [-0.1, -0.05) is 0 Å². The first-order chi connectivity index (χ1) is 9.75. The van der Waals surface area contributed by atoms with Crippen LogP contribution >= 0.6 is 0 Å². The standard InChI is InChI=1S/C14H18F2N2O3/c1-14(2,8-21-3)18-12(19)7-17-13(20)9-4-5-10(15)11(16)6-9/h4-6H,7-8H2,1-3H3,(H,17,20)(H,18,19). The molecular weight excluding hydrogens is 282 g/mol. The molecule has 0 unspecified atom stereocenters. The van der Waals surface area contributed by atoms with Gasteiger partial charge in [-0.25, -0.2) is 8.78 Å². The van der Waals surface area contributed by atoms with Crippen LogP contribution in [-0.2, 0) is 9.53 Å². The van der Waals surface area contributed by atoms with Gasteiger partial charge in [-0.15, -0.1) is 0 Å². The maximum Gasteiger partial charge on any atom is 0.251 e. The monoisotopic (exact) mass is 300 g/mol. The largest absolute Gasteiger partial charge is 0.382 e. The van der Waals surface area contributed by atoms with Crippen LogP contribution in [-0.4, -0.2) is 37.6 Å². The normalized spacial score (nSPS) is 11.1. The number of carbonyl (C=O) groups excluding carboxylic acids is 2. The third kappa shape index (κ3) is 5.47. The number of amides is 2. The van der Waals surface area contributed by atoms with Crippen LogP contribution in [0.4, 0.5) is 8.78 Å². The van der Waals surface area contributed by atoms with Crippen molar-refractivity contribution in [2.75, 3.05) is 20.3 Å². The molecule has 0 aromatic heterocycles. The zero-order chi connectivity index (χ0) is 16.0. The van der Waals surface area contributed by atoms with Gasteiger partial charge in [0.1, 0.15) is 0 Å². The van der Waals surface area contributed by atoms with Crippen LogP contribution in [0.1, 0.15) is 24.2 Å². The molecule has 1 rings (SSSR count). The van der Waals surface area contributed by atoms with Gasteiger partial charge in [0.2, 0.25) is 5.91 Å². The van der Waals surface area contributed by atoms with Crippen molar-refractivity contribution in [3.8, 4) is 0 Å². The topological polar surface area (TPSA) is 67.4 Å². The van der Waals surface area contributed by atoms with Crippen molar-refractivity contribution < 1.29 is 23.1 Å². The number of halogens is 2. The summed E-state index contributed by atoms with van der Waals surface area (Å²) >= 11 is 0. The van der Waals surface area contributed by atoms with Crippen molar-refractivity contribution in [3.63, 3.8) is 0 Å². The van der Waals surface area contributed by atoms with Gasteiger partial charge in [-0.2, -0.15) is 0 Å². The fraction of sp³-hybridized carbons (Fsp3) is 0.429. The average molecular weight is 300 g/mol. The summed E-state index contributed by atoms with van der Waals surface area (Å²) in [5.74, 6) is -3.22. The van der Waals surface area contributed by atoms with Gasteiger partial charge in [0.15, 0.2) is 11.6 Å². The van der Waals surface area contributed by atoms with Crippen molar-refractivity contribution in [2.45, 2.75) is 19.4 Å². The summed E-state index contributed by atoms with van der Waals surface area (Å²) in [5.41, 5.74) is -0.628. The predicted octanol–water partition coefficient (Wildman–Crippen LogP) is 1.24. The number of hydrogen-bond donors (Lipinski definition) is 2. The van der Waals surface area contributed by atoms with E-state index in [1.54, 1.807) is 13.8 Å². The third-order valence-electron chi connectivity index (χ3n) is 2.57. The van der Waals surface area contributed by atoms with Gasteiger partial charge in [0, 0.05) is 12.7 Å². The molecule has 0 aliphatic heterocycles. The molecule has 5 nitrogen and oxygen atoms in total. The molecule has 7 heteroatoms. The number of rotatable bonds is 6. The molecule has 2 N–H and O–H groups in total. The van der Waals surface area contributed by atoms with Crippen molar-refractivity contribution in [3.05, 3.63) is 35.4 Å². The van der Waals surface area contributed by atoms with E-state index in [-0.39, 0.29) is 12.1 Å². The third-order valence-corrected chi connectivity index (χ3v) is 2.57. The Bertz CT molecular complexity index is 533.